The van der Waals surface area contributed by atoms with Gasteiger partial charge < -0.3 is 0 Å². The average Bonchev–Trinajstić information content (AvgIpc) is 2.56. The van der Waals surface area contributed by atoms with Crippen LogP contribution in [0.25, 0.3) is 10.9 Å². The number of pyridine rings is 1. The lowest BCUT2D eigenvalue weighted by molar-refractivity contribution is -0.127. The maximum atomic E-state index is 11.7. The van der Waals surface area contributed by atoms with Crippen molar-refractivity contribution in [1.82, 2.24) is 15.8 Å². The first-order valence-electron chi connectivity index (χ1n) is 7.23. The van der Waals surface area contributed by atoms with Gasteiger partial charge in [-0.2, -0.15) is 0 Å². The molecule has 0 saturated heterocycles. The molecule has 0 spiro atoms. The highest BCUT2D eigenvalue weighted by Gasteiger charge is 2.09. The molecule has 1 aromatic heterocycles. The van der Waals surface area contributed by atoms with E-state index in [2.05, 4.69) is 28.8 Å². The number of carbonyl (C=O) groups is 2. The quantitative estimate of drug-likeness (QED) is 0.656. The zero-order valence-electron chi connectivity index (χ0n) is 12.7. The van der Waals surface area contributed by atoms with Crippen LogP contribution < -0.4 is 10.9 Å². The molecule has 0 aliphatic rings. The van der Waals surface area contributed by atoms with E-state index in [1.165, 1.54) is 11.8 Å². The van der Waals surface area contributed by atoms with Crippen molar-refractivity contribution in [2.24, 2.45) is 0 Å². The average molecular weight is 317 g/mol. The fourth-order valence-electron chi connectivity index (χ4n) is 1.92. The summed E-state index contributed by atoms with van der Waals surface area (Å²) in [5, 5.41) is 1.96. The number of amides is 2. The predicted octanol–water partition coefficient (Wildman–Crippen LogP) is 2.45. The predicted molar refractivity (Wildman–Crippen MR) is 88.4 cm³/mol. The van der Waals surface area contributed by atoms with E-state index in [9.17, 15) is 9.59 Å². The number of hydrazine groups is 1. The molecule has 22 heavy (non-hydrogen) atoms. The molecule has 2 rings (SSSR count). The first-order chi connectivity index (χ1) is 10.6. The van der Waals surface area contributed by atoms with Gasteiger partial charge in [0, 0.05) is 11.8 Å². The van der Waals surface area contributed by atoms with E-state index in [1.807, 2.05) is 24.3 Å². The largest absolute Gasteiger partial charge is 0.273 e. The molecule has 0 radical (unpaired) electrons. The highest BCUT2D eigenvalue weighted by Crippen LogP contribution is 2.25. The summed E-state index contributed by atoms with van der Waals surface area (Å²) in [6.45, 7) is 3.79. The molecular formula is C16H19N3O2S. The molecule has 2 aromatic rings. The maximum absolute atomic E-state index is 11.7. The van der Waals surface area contributed by atoms with Gasteiger partial charge in [0.1, 0.15) is 5.03 Å². The fourth-order valence-corrected chi connectivity index (χ4v) is 2.81. The van der Waals surface area contributed by atoms with Crippen molar-refractivity contribution in [1.29, 1.82) is 0 Å². The number of nitrogens with zero attached hydrogens (tertiary/aromatic N) is 1. The number of aryl methyl sites for hydroxylation is 1. The van der Waals surface area contributed by atoms with Crippen LogP contribution >= 0.6 is 11.8 Å². The standard InChI is InChI=1S/C16H19N3O2S/c1-3-11-9-12-7-5-6-8-13(12)17-16(11)22-10-15(21)19-18-14(20)4-2/h5-9H,3-4,10H2,1-2H3,(H,18,20)(H,19,21). The van der Waals surface area contributed by atoms with E-state index in [1.54, 1.807) is 6.92 Å². The van der Waals surface area contributed by atoms with Crippen LogP contribution in [0.4, 0.5) is 0 Å². The van der Waals surface area contributed by atoms with E-state index < -0.39 is 0 Å². The molecule has 2 N–H and O–H groups in total. The summed E-state index contributed by atoms with van der Waals surface area (Å²) in [5.74, 6) is -0.247. The Kier molecular flexibility index (Phi) is 5.77. The molecule has 0 saturated carbocycles. The highest BCUT2D eigenvalue weighted by atomic mass is 32.2. The highest BCUT2D eigenvalue weighted by molar-refractivity contribution is 7.99. The molecule has 6 heteroatoms. The maximum Gasteiger partial charge on any atom is 0.248 e. The van der Waals surface area contributed by atoms with Crippen LogP contribution in [0.5, 0.6) is 0 Å². The fraction of sp³-hybridized carbons (Fsp3) is 0.312. The van der Waals surface area contributed by atoms with Gasteiger partial charge in [-0.1, -0.05) is 43.8 Å². The molecule has 0 fully saturated rings. The molecule has 0 aliphatic heterocycles. The van der Waals surface area contributed by atoms with Gasteiger partial charge in [0.15, 0.2) is 0 Å². The number of fused-ring (bicyclic) bond motifs is 1. The second kappa shape index (κ2) is 7.79. The monoisotopic (exact) mass is 317 g/mol. The summed E-state index contributed by atoms with van der Waals surface area (Å²) in [7, 11) is 0. The molecule has 116 valence electrons. The Balaban J connectivity index is 2.04. The van der Waals surface area contributed by atoms with Gasteiger partial charge in [0.05, 0.1) is 11.3 Å². The minimum atomic E-state index is -0.246. The number of rotatable bonds is 5. The van der Waals surface area contributed by atoms with Gasteiger partial charge in [-0.05, 0) is 24.1 Å². The molecule has 5 nitrogen and oxygen atoms in total. The topological polar surface area (TPSA) is 71.1 Å². The first kappa shape index (κ1) is 16.3. The van der Waals surface area contributed by atoms with E-state index in [4.69, 9.17) is 0 Å². The van der Waals surface area contributed by atoms with Gasteiger partial charge >= 0.3 is 0 Å². The number of nitrogens with one attached hydrogen (secondary N) is 2. The second-order valence-corrected chi connectivity index (χ2v) is 5.70. The molecule has 0 unspecified atom stereocenters. The van der Waals surface area contributed by atoms with E-state index in [0.29, 0.717) is 6.42 Å². The molecule has 1 heterocycles. The zero-order chi connectivity index (χ0) is 15.9. The van der Waals surface area contributed by atoms with Gasteiger partial charge in [-0.25, -0.2) is 4.98 Å². The number of hydrogen-bond donors (Lipinski definition) is 2. The zero-order valence-corrected chi connectivity index (χ0v) is 13.5. The summed E-state index contributed by atoms with van der Waals surface area (Å²) in [4.78, 5) is 27.4. The van der Waals surface area contributed by atoms with Crippen molar-refractivity contribution in [3.05, 3.63) is 35.9 Å². The van der Waals surface area contributed by atoms with Crippen LogP contribution in [0.2, 0.25) is 0 Å². The third kappa shape index (κ3) is 4.21. The number of thioether (sulfide) groups is 1. The Morgan fingerprint density at radius 2 is 1.86 bits per heavy atom. The van der Waals surface area contributed by atoms with Crippen LogP contribution in [0.15, 0.2) is 35.4 Å². The van der Waals surface area contributed by atoms with E-state index >= 15 is 0 Å². The van der Waals surface area contributed by atoms with Crippen molar-refractivity contribution >= 4 is 34.5 Å². The normalized spacial score (nSPS) is 10.5. The lowest BCUT2D eigenvalue weighted by atomic mass is 10.1. The van der Waals surface area contributed by atoms with Crippen LogP contribution in [-0.4, -0.2) is 22.6 Å². The van der Waals surface area contributed by atoms with Crippen LogP contribution in [0.1, 0.15) is 25.8 Å². The van der Waals surface area contributed by atoms with E-state index in [0.717, 1.165) is 27.9 Å². The summed E-state index contributed by atoms with van der Waals surface area (Å²) < 4.78 is 0. The first-order valence-corrected chi connectivity index (χ1v) is 8.21. The summed E-state index contributed by atoms with van der Waals surface area (Å²) in [6, 6.07) is 10.0. The van der Waals surface area contributed by atoms with Crippen molar-refractivity contribution in [3.8, 4) is 0 Å². The summed E-state index contributed by atoms with van der Waals surface area (Å²) in [5.41, 5.74) is 6.78. The minimum absolute atomic E-state index is 0.211. The number of aromatic nitrogens is 1. The van der Waals surface area contributed by atoms with Crippen molar-refractivity contribution in [2.45, 2.75) is 31.7 Å². The number of hydrogen-bond acceptors (Lipinski definition) is 4. The Labute approximate surface area is 133 Å². The molecule has 2 amide bonds. The molecule has 0 atom stereocenters. The molecule has 1 aromatic carbocycles. The van der Waals surface area contributed by atoms with E-state index in [-0.39, 0.29) is 17.6 Å². The number of benzene rings is 1. The smallest absolute Gasteiger partial charge is 0.248 e. The second-order valence-electron chi connectivity index (χ2n) is 4.74. The molecule has 0 bridgehead atoms. The van der Waals surface area contributed by atoms with Gasteiger partial charge in [-0.15, -0.1) is 0 Å². The van der Waals surface area contributed by atoms with Crippen molar-refractivity contribution < 1.29 is 9.59 Å². The van der Waals surface area contributed by atoms with Crippen LogP contribution in [0.3, 0.4) is 0 Å². The summed E-state index contributed by atoms with van der Waals surface area (Å²) in [6.07, 6.45) is 1.19. The van der Waals surface area contributed by atoms with Crippen LogP contribution in [-0.2, 0) is 16.0 Å². The van der Waals surface area contributed by atoms with Gasteiger partial charge in [-0.3, -0.25) is 20.4 Å². The summed E-state index contributed by atoms with van der Waals surface area (Å²) >= 11 is 1.38. The third-order valence-electron chi connectivity index (χ3n) is 3.15. The van der Waals surface area contributed by atoms with Crippen molar-refractivity contribution in [3.63, 3.8) is 0 Å². The Morgan fingerprint density at radius 3 is 2.59 bits per heavy atom. The minimum Gasteiger partial charge on any atom is -0.273 e. The SMILES string of the molecule is CCC(=O)NNC(=O)CSc1nc2ccccc2cc1CC. The third-order valence-corrected chi connectivity index (χ3v) is 4.18. The Bertz CT molecular complexity index is 688. The Hall–Kier alpha value is -2.08. The van der Waals surface area contributed by atoms with Gasteiger partial charge in [0.25, 0.3) is 0 Å². The van der Waals surface area contributed by atoms with Crippen molar-refractivity contribution in [2.75, 3.05) is 5.75 Å². The molecule has 0 aliphatic carbocycles. The number of carbonyl (C=O) groups excluding carboxylic acids is 2. The lowest BCUT2D eigenvalue weighted by Gasteiger charge is -2.09. The number of para-hydroxylation sites is 1. The Morgan fingerprint density at radius 1 is 1.14 bits per heavy atom. The lowest BCUT2D eigenvalue weighted by Crippen LogP contribution is -2.42. The van der Waals surface area contributed by atoms with Gasteiger partial charge in [0.2, 0.25) is 11.8 Å². The molecular weight excluding hydrogens is 298 g/mol. The van der Waals surface area contributed by atoms with Crippen LogP contribution in [0, 0.1) is 0 Å².